The maximum Gasteiger partial charge on any atom is 0.326 e. The van der Waals surface area contributed by atoms with Crippen LogP contribution >= 0.6 is 0 Å². The summed E-state index contributed by atoms with van der Waals surface area (Å²) in [5.74, 6) is -12.3. The number of aliphatic hydroxyl groups is 2. The Hall–Kier alpha value is -6.88. The number of rotatable bonds is 31. The smallest absolute Gasteiger partial charge is 0.326 e. The summed E-state index contributed by atoms with van der Waals surface area (Å²) >= 11 is 0. The van der Waals surface area contributed by atoms with Crippen molar-refractivity contribution in [2.45, 2.75) is 152 Å². The molecular formula is C40H70N14O15. The number of carbonyl (C=O) groups is 10. The predicted octanol–water partition coefficient (Wildman–Crippen LogP) is -6.45. The molecule has 1 aliphatic rings. The lowest BCUT2D eigenvalue weighted by Crippen LogP contribution is -2.62. The highest BCUT2D eigenvalue weighted by molar-refractivity contribution is 5.98. The molecule has 0 aromatic rings. The minimum atomic E-state index is -1.78. The number of aliphatic imine (C=N–C) groups is 2. The zero-order valence-corrected chi connectivity index (χ0v) is 39.1. The third-order valence-electron chi connectivity index (χ3n) is 10.6. The molecular weight excluding hydrogens is 917 g/mol. The highest BCUT2D eigenvalue weighted by Gasteiger charge is 2.40. The zero-order chi connectivity index (χ0) is 52.7. The summed E-state index contributed by atoms with van der Waals surface area (Å²) in [6, 6.07) is -12.2. The summed E-state index contributed by atoms with van der Waals surface area (Å²) in [6.07, 6.45) is -4.95. The molecule has 0 spiro atoms. The Balaban J connectivity index is 3.45. The van der Waals surface area contributed by atoms with Crippen LogP contribution in [0.5, 0.6) is 0 Å². The van der Waals surface area contributed by atoms with Crippen molar-refractivity contribution in [3.05, 3.63) is 0 Å². The molecule has 1 heterocycles. The van der Waals surface area contributed by atoms with Crippen LogP contribution in [0, 0.1) is 5.92 Å². The van der Waals surface area contributed by atoms with Crippen LogP contribution in [0.4, 0.5) is 0 Å². The molecule has 0 bridgehead atoms. The molecule has 21 N–H and O–H groups in total. The van der Waals surface area contributed by atoms with Crippen molar-refractivity contribution >= 4 is 71.2 Å². The molecule has 10 atom stereocenters. The third-order valence-corrected chi connectivity index (χ3v) is 10.6. The monoisotopic (exact) mass is 987 g/mol. The van der Waals surface area contributed by atoms with Gasteiger partial charge in [0, 0.05) is 32.5 Å². The predicted molar refractivity (Wildman–Crippen MR) is 244 cm³/mol. The SMILES string of the molecule is CC(C)C(NC(=O)C(CCC(=O)O)NC(=O)C(CCC(=O)O)NC(=O)C(NC(=O)C(N)C(C)O)C(C)O)C(=O)NC(CCCN=C(N)N)C(=O)N1CCCC1C(=O)NC(CCCN=C(N)N)C(=O)O. The second-order valence-corrected chi connectivity index (χ2v) is 16.8. The van der Waals surface area contributed by atoms with Crippen LogP contribution in [-0.4, -0.2) is 182 Å². The number of nitrogens with two attached hydrogens (primary N) is 5. The van der Waals surface area contributed by atoms with Crippen molar-refractivity contribution < 1.29 is 73.5 Å². The molecule has 10 unspecified atom stereocenters. The number of nitrogens with one attached hydrogen (secondary N) is 6. The number of carbonyl (C=O) groups excluding carboxylic acids is 7. The van der Waals surface area contributed by atoms with Gasteiger partial charge in [0.1, 0.15) is 48.3 Å². The lowest BCUT2D eigenvalue weighted by molar-refractivity contribution is -0.145. The first-order valence-electron chi connectivity index (χ1n) is 22.2. The summed E-state index contributed by atoms with van der Waals surface area (Å²) in [5, 5.41) is 62.7. The summed E-state index contributed by atoms with van der Waals surface area (Å²) in [5.41, 5.74) is 27.2. The fraction of sp³-hybridized carbons (Fsp3) is 0.700. The van der Waals surface area contributed by atoms with E-state index < -0.39 is 151 Å². The number of hydrogen-bond acceptors (Lipinski definition) is 15. The number of hydrogen-bond donors (Lipinski definition) is 16. The number of likely N-dealkylation sites (tertiary alicyclic amines) is 1. The average molecular weight is 987 g/mol. The Morgan fingerprint density at radius 2 is 1.03 bits per heavy atom. The fourth-order valence-corrected chi connectivity index (χ4v) is 6.82. The minimum absolute atomic E-state index is 0.0146. The van der Waals surface area contributed by atoms with E-state index in [2.05, 4.69) is 41.9 Å². The molecule has 69 heavy (non-hydrogen) atoms. The maximum absolute atomic E-state index is 14.2. The van der Waals surface area contributed by atoms with Crippen molar-refractivity contribution in [3.8, 4) is 0 Å². The number of carboxylic acids is 3. The van der Waals surface area contributed by atoms with Gasteiger partial charge in [-0.2, -0.15) is 0 Å². The zero-order valence-electron chi connectivity index (χ0n) is 39.1. The van der Waals surface area contributed by atoms with E-state index in [0.717, 1.165) is 6.92 Å². The van der Waals surface area contributed by atoms with Crippen LogP contribution in [0.3, 0.4) is 0 Å². The van der Waals surface area contributed by atoms with Gasteiger partial charge >= 0.3 is 17.9 Å². The lowest BCUT2D eigenvalue weighted by Gasteiger charge is -2.31. The van der Waals surface area contributed by atoms with E-state index in [0.29, 0.717) is 6.42 Å². The molecule has 0 saturated carbocycles. The van der Waals surface area contributed by atoms with Gasteiger partial charge in [-0.3, -0.25) is 53.1 Å². The second-order valence-electron chi connectivity index (χ2n) is 16.8. The average Bonchev–Trinajstić information content (AvgIpc) is 3.75. The summed E-state index contributed by atoms with van der Waals surface area (Å²) in [4.78, 5) is 139. The molecule has 0 aliphatic carbocycles. The normalized spacial score (nSPS) is 17.2. The van der Waals surface area contributed by atoms with E-state index in [9.17, 15) is 73.5 Å². The van der Waals surface area contributed by atoms with Crippen LogP contribution in [-0.2, 0) is 47.9 Å². The highest BCUT2D eigenvalue weighted by atomic mass is 16.4. The molecule has 7 amide bonds. The van der Waals surface area contributed by atoms with E-state index in [1.54, 1.807) is 0 Å². The highest BCUT2D eigenvalue weighted by Crippen LogP contribution is 2.21. The molecule has 29 nitrogen and oxygen atoms in total. The topological polar surface area (TPSA) is 502 Å². The number of nitrogens with zero attached hydrogens (tertiary/aromatic N) is 3. The van der Waals surface area contributed by atoms with E-state index in [-0.39, 0.29) is 63.7 Å². The number of aliphatic carboxylic acids is 3. The van der Waals surface area contributed by atoms with E-state index in [4.69, 9.17) is 28.7 Å². The molecule has 1 aliphatic heterocycles. The Morgan fingerprint density at radius 1 is 0.580 bits per heavy atom. The molecule has 0 aromatic carbocycles. The van der Waals surface area contributed by atoms with Gasteiger partial charge < -0.3 is 91.0 Å². The van der Waals surface area contributed by atoms with Gasteiger partial charge in [-0.25, -0.2) is 4.79 Å². The van der Waals surface area contributed by atoms with Crippen molar-refractivity contribution in [2.24, 2.45) is 44.6 Å². The minimum Gasteiger partial charge on any atom is -0.481 e. The molecule has 1 saturated heterocycles. The molecule has 390 valence electrons. The quantitative estimate of drug-likeness (QED) is 0.0174. The van der Waals surface area contributed by atoms with Crippen molar-refractivity contribution in [1.82, 2.24) is 36.8 Å². The summed E-state index contributed by atoms with van der Waals surface area (Å²) in [6.45, 7) is 5.49. The molecule has 1 fully saturated rings. The van der Waals surface area contributed by atoms with E-state index >= 15 is 0 Å². The number of aliphatic hydroxyl groups excluding tert-OH is 2. The lowest BCUT2D eigenvalue weighted by atomic mass is 10.0. The summed E-state index contributed by atoms with van der Waals surface area (Å²) in [7, 11) is 0. The standard InChI is InChI=1S/C40H70N14O15/c1-18(2)29(35(65)50-23(8-5-15-46-39(42)43)37(67)54-17-7-10-25(54)33(63)51-24(38(68)69)9-6-16-47-40(44)45)52-32(62)22(12-14-27(59)60)48-31(61)21(11-13-26(57)58)49-36(66)30(20(4)56)53-34(64)28(41)19(3)55/h18-25,28-30,55-56H,5-17,41H2,1-4H3,(H,48,61)(H,49,66)(H,50,65)(H,51,63)(H,52,62)(H,53,64)(H,57,58)(H,59,60)(H,68,69)(H4,42,43,46)(H4,44,45,47). The number of amides is 7. The summed E-state index contributed by atoms with van der Waals surface area (Å²) < 4.78 is 0. The van der Waals surface area contributed by atoms with Crippen LogP contribution in [0.15, 0.2) is 9.98 Å². The van der Waals surface area contributed by atoms with Gasteiger partial charge in [-0.15, -0.1) is 0 Å². The van der Waals surface area contributed by atoms with Gasteiger partial charge in [0.05, 0.1) is 12.2 Å². The van der Waals surface area contributed by atoms with Gasteiger partial charge in [-0.1, -0.05) is 13.8 Å². The Morgan fingerprint density at radius 3 is 1.48 bits per heavy atom. The van der Waals surface area contributed by atoms with Crippen molar-refractivity contribution in [1.29, 1.82) is 0 Å². The molecule has 0 aromatic heterocycles. The Labute approximate surface area is 397 Å². The first-order chi connectivity index (χ1) is 32.2. The van der Waals surface area contributed by atoms with Crippen LogP contribution in [0.2, 0.25) is 0 Å². The van der Waals surface area contributed by atoms with Crippen LogP contribution in [0.1, 0.15) is 91.9 Å². The van der Waals surface area contributed by atoms with Crippen LogP contribution in [0.25, 0.3) is 0 Å². The van der Waals surface area contributed by atoms with E-state index in [1.165, 1.54) is 25.7 Å². The Kier molecular flexibility index (Phi) is 26.0. The number of carboxylic acid groups (broad SMARTS) is 3. The third kappa shape index (κ3) is 21.7. The maximum atomic E-state index is 14.2. The van der Waals surface area contributed by atoms with Crippen molar-refractivity contribution in [3.63, 3.8) is 0 Å². The molecule has 0 radical (unpaired) electrons. The Bertz CT molecular complexity index is 1870. The second kappa shape index (κ2) is 29.8. The molecule has 1 rings (SSSR count). The number of guanidine groups is 2. The molecule has 29 heteroatoms. The first-order valence-corrected chi connectivity index (χ1v) is 22.2. The first kappa shape index (κ1) is 60.1. The van der Waals surface area contributed by atoms with Crippen molar-refractivity contribution in [2.75, 3.05) is 19.6 Å². The van der Waals surface area contributed by atoms with Gasteiger partial charge in [0.15, 0.2) is 11.9 Å². The fourth-order valence-electron chi connectivity index (χ4n) is 6.82. The van der Waals surface area contributed by atoms with Gasteiger partial charge in [-0.05, 0) is 71.1 Å². The van der Waals surface area contributed by atoms with Gasteiger partial charge in [0.25, 0.3) is 0 Å². The van der Waals surface area contributed by atoms with Gasteiger partial charge in [0.2, 0.25) is 41.4 Å². The van der Waals surface area contributed by atoms with Crippen LogP contribution < -0.4 is 60.6 Å². The largest absolute Gasteiger partial charge is 0.481 e. The van der Waals surface area contributed by atoms with E-state index in [1.807, 2.05) is 0 Å².